The molecule has 3 nitrogen and oxygen atoms in total. The maximum absolute atomic E-state index is 4.49. The van der Waals surface area contributed by atoms with E-state index in [0.29, 0.717) is 0 Å². The Labute approximate surface area is 91.5 Å². The molecule has 1 aromatic heterocycles. The summed E-state index contributed by atoms with van der Waals surface area (Å²) < 4.78 is 0. The zero-order valence-corrected chi connectivity index (χ0v) is 10.0. The van der Waals surface area contributed by atoms with E-state index in [0.717, 1.165) is 25.3 Å². The number of nitrogens with zero attached hydrogens (tertiary/aromatic N) is 3. The van der Waals surface area contributed by atoms with E-state index < -0.39 is 0 Å². The lowest BCUT2D eigenvalue weighted by atomic mass is 9.99. The molecule has 0 aromatic carbocycles. The molecular weight excluding hydrogens is 186 g/mol. The average molecular weight is 205 g/mol. The molecule has 0 atom stereocenters. The van der Waals surface area contributed by atoms with Crippen LogP contribution in [0.2, 0.25) is 0 Å². The highest BCUT2D eigenvalue weighted by atomic mass is 15.2. The lowest BCUT2D eigenvalue weighted by Crippen LogP contribution is -2.44. The van der Waals surface area contributed by atoms with Crippen molar-refractivity contribution in [2.24, 2.45) is 0 Å². The molecule has 0 amide bonds. The van der Waals surface area contributed by atoms with Crippen LogP contribution in [0.3, 0.4) is 0 Å². The maximum atomic E-state index is 4.49. The van der Waals surface area contributed by atoms with Gasteiger partial charge in [0.15, 0.2) is 0 Å². The van der Waals surface area contributed by atoms with Gasteiger partial charge in [-0.1, -0.05) is 0 Å². The molecule has 0 bridgehead atoms. The highest BCUT2D eigenvalue weighted by Gasteiger charge is 2.26. The summed E-state index contributed by atoms with van der Waals surface area (Å²) >= 11 is 0. The van der Waals surface area contributed by atoms with Gasteiger partial charge in [0.25, 0.3) is 0 Å². The molecule has 0 radical (unpaired) electrons. The quantitative estimate of drug-likeness (QED) is 0.648. The van der Waals surface area contributed by atoms with Crippen LogP contribution in [0.1, 0.15) is 37.9 Å². The van der Waals surface area contributed by atoms with Crippen LogP contribution < -0.4 is 0 Å². The summed E-state index contributed by atoms with van der Waals surface area (Å²) in [5.74, 6) is 0.887. The molecule has 1 aliphatic rings. The molecule has 0 unspecified atom stereocenters. The minimum absolute atomic E-state index is 0.239. The first-order chi connectivity index (χ1) is 6.97. The van der Waals surface area contributed by atoms with E-state index in [9.17, 15) is 0 Å². The smallest absolute Gasteiger partial charge is 0.125 e. The van der Waals surface area contributed by atoms with E-state index in [-0.39, 0.29) is 5.54 Å². The van der Waals surface area contributed by atoms with Crippen LogP contribution in [-0.4, -0.2) is 27.0 Å². The molecule has 3 heteroatoms. The zero-order chi connectivity index (χ0) is 11.1. The number of aryl methyl sites for hydroxylation is 1. The Morgan fingerprint density at radius 2 is 2.07 bits per heavy atom. The van der Waals surface area contributed by atoms with Gasteiger partial charge in [-0.15, -0.1) is 0 Å². The summed E-state index contributed by atoms with van der Waals surface area (Å²) in [6, 6.07) is 0. The number of hydrogen-bond acceptors (Lipinski definition) is 3. The normalized spacial score (nSPS) is 17.6. The molecule has 2 rings (SSSR count). The molecule has 82 valence electrons. The van der Waals surface area contributed by atoms with Crippen molar-refractivity contribution in [1.29, 1.82) is 0 Å². The van der Waals surface area contributed by atoms with Crippen LogP contribution in [0.5, 0.6) is 0 Å². The van der Waals surface area contributed by atoms with Gasteiger partial charge in [-0.25, -0.2) is 9.97 Å². The Morgan fingerprint density at radius 1 is 1.33 bits per heavy atom. The summed E-state index contributed by atoms with van der Waals surface area (Å²) in [5, 5.41) is 0. The maximum Gasteiger partial charge on any atom is 0.125 e. The third-order valence-corrected chi connectivity index (χ3v) is 3.00. The fourth-order valence-corrected chi connectivity index (χ4v) is 1.99. The largest absolute Gasteiger partial charge is 0.294 e. The minimum atomic E-state index is 0.239. The number of hydrogen-bond donors (Lipinski definition) is 0. The van der Waals surface area contributed by atoms with Crippen LogP contribution in [0.25, 0.3) is 0 Å². The van der Waals surface area contributed by atoms with Gasteiger partial charge >= 0.3 is 0 Å². The van der Waals surface area contributed by atoms with Gasteiger partial charge in [0.05, 0.1) is 0 Å². The monoisotopic (exact) mass is 205 g/mol. The minimum Gasteiger partial charge on any atom is -0.294 e. The van der Waals surface area contributed by atoms with E-state index in [1.807, 2.05) is 13.1 Å². The highest BCUT2D eigenvalue weighted by molar-refractivity contribution is 5.20. The van der Waals surface area contributed by atoms with Crippen molar-refractivity contribution in [1.82, 2.24) is 14.9 Å². The molecule has 1 aliphatic heterocycles. The van der Waals surface area contributed by atoms with Gasteiger partial charge in [0.2, 0.25) is 0 Å². The van der Waals surface area contributed by atoms with Crippen LogP contribution in [-0.2, 0) is 13.0 Å². The molecule has 0 saturated heterocycles. The summed E-state index contributed by atoms with van der Waals surface area (Å²) in [6.07, 6.45) is 3.03. The van der Waals surface area contributed by atoms with Gasteiger partial charge < -0.3 is 0 Å². The molecule has 0 saturated carbocycles. The van der Waals surface area contributed by atoms with Crippen molar-refractivity contribution in [3.63, 3.8) is 0 Å². The van der Waals surface area contributed by atoms with Crippen molar-refractivity contribution < 1.29 is 0 Å². The van der Waals surface area contributed by atoms with Gasteiger partial charge in [0, 0.05) is 42.5 Å². The fraction of sp³-hybridized carbons (Fsp3) is 0.667. The SMILES string of the molecule is Cc1ncc2c(n1)CCN(C(C)(C)C)C2. The van der Waals surface area contributed by atoms with Crippen molar-refractivity contribution >= 4 is 0 Å². The Balaban J connectivity index is 2.24. The summed E-state index contributed by atoms with van der Waals surface area (Å²) in [7, 11) is 0. The van der Waals surface area contributed by atoms with Crippen molar-refractivity contribution in [3.8, 4) is 0 Å². The Morgan fingerprint density at radius 3 is 2.73 bits per heavy atom. The lowest BCUT2D eigenvalue weighted by Gasteiger charge is -2.38. The topological polar surface area (TPSA) is 29.0 Å². The molecule has 0 fully saturated rings. The lowest BCUT2D eigenvalue weighted by molar-refractivity contribution is 0.119. The third kappa shape index (κ3) is 2.17. The van der Waals surface area contributed by atoms with Gasteiger partial charge in [-0.2, -0.15) is 0 Å². The van der Waals surface area contributed by atoms with Crippen LogP contribution in [0.15, 0.2) is 6.20 Å². The fourth-order valence-electron chi connectivity index (χ4n) is 1.99. The first-order valence-electron chi connectivity index (χ1n) is 5.53. The molecule has 15 heavy (non-hydrogen) atoms. The second kappa shape index (κ2) is 3.56. The van der Waals surface area contributed by atoms with Crippen LogP contribution >= 0.6 is 0 Å². The van der Waals surface area contributed by atoms with E-state index in [4.69, 9.17) is 0 Å². The molecule has 0 spiro atoms. The molecule has 0 aliphatic carbocycles. The number of rotatable bonds is 0. The van der Waals surface area contributed by atoms with Gasteiger partial charge in [0.1, 0.15) is 5.82 Å². The van der Waals surface area contributed by atoms with Crippen molar-refractivity contribution in [2.45, 2.75) is 46.2 Å². The number of aromatic nitrogens is 2. The van der Waals surface area contributed by atoms with E-state index in [1.165, 1.54) is 11.3 Å². The standard InChI is InChI=1S/C12H19N3/c1-9-13-7-10-8-15(12(2,3)4)6-5-11(10)14-9/h7H,5-6,8H2,1-4H3. The van der Waals surface area contributed by atoms with Crippen LogP contribution in [0, 0.1) is 6.92 Å². The van der Waals surface area contributed by atoms with Crippen molar-refractivity contribution in [3.05, 3.63) is 23.3 Å². The molecule has 0 N–H and O–H groups in total. The third-order valence-electron chi connectivity index (χ3n) is 3.00. The first kappa shape index (κ1) is 10.6. The average Bonchev–Trinajstić information content (AvgIpc) is 2.15. The molecule has 2 heterocycles. The molecular formula is C12H19N3. The van der Waals surface area contributed by atoms with Gasteiger partial charge in [-0.3, -0.25) is 4.90 Å². The second-order valence-corrected chi connectivity index (χ2v) is 5.23. The number of fused-ring (bicyclic) bond motifs is 1. The predicted octanol–water partition coefficient (Wildman–Crippen LogP) is 1.94. The first-order valence-corrected chi connectivity index (χ1v) is 5.53. The Hall–Kier alpha value is -0.960. The summed E-state index contributed by atoms with van der Waals surface area (Å²) in [5.41, 5.74) is 2.77. The van der Waals surface area contributed by atoms with E-state index in [1.54, 1.807) is 0 Å². The Kier molecular flexibility index (Phi) is 2.51. The van der Waals surface area contributed by atoms with E-state index in [2.05, 4.69) is 35.6 Å². The van der Waals surface area contributed by atoms with Crippen LogP contribution in [0.4, 0.5) is 0 Å². The highest BCUT2D eigenvalue weighted by Crippen LogP contribution is 2.23. The van der Waals surface area contributed by atoms with Gasteiger partial charge in [-0.05, 0) is 27.7 Å². The summed E-state index contributed by atoms with van der Waals surface area (Å²) in [6.45, 7) is 10.8. The Bertz CT molecular complexity index is 366. The molecule has 1 aromatic rings. The summed E-state index contributed by atoms with van der Waals surface area (Å²) in [4.78, 5) is 11.2. The van der Waals surface area contributed by atoms with E-state index >= 15 is 0 Å². The second-order valence-electron chi connectivity index (χ2n) is 5.23. The predicted molar refractivity (Wildman–Crippen MR) is 60.6 cm³/mol. The zero-order valence-electron chi connectivity index (χ0n) is 10.0. The van der Waals surface area contributed by atoms with Crippen molar-refractivity contribution in [2.75, 3.05) is 6.54 Å².